The summed E-state index contributed by atoms with van der Waals surface area (Å²) < 4.78 is 0. The van der Waals surface area contributed by atoms with E-state index < -0.39 is 0 Å². The van der Waals surface area contributed by atoms with Crippen molar-refractivity contribution in [3.8, 4) is 11.1 Å². The maximum atomic E-state index is 6.00. The fraction of sp³-hybridized carbons (Fsp3) is 0.333. The molecule has 2 aromatic carbocycles. The van der Waals surface area contributed by atoms with Crippen LogP contribution in [0.15, 0.2) is 48.5 Å². The van der Waals surface area contributed by atoms with Crippen LogP contribution in [0, 0.1) is 0 Å². The number of rotatable bonds is 3. The Bertz CT molecular complexity index is 590. The molecule has 0 bridgehead atoms. The minimum Gasteiger partial charge on any atom is -0.304 e. The van der Waals surface area contributed by atoms with Gasteiger partial charge in [-0.25, -0.2) is 0 Å². The first-order chi connectivity index (χ1) is 10.2. The first-order valence-electron chi connectivity index (χ1n) is 7.47. The number of halogens is 2. The van der Waals surface area contributed by atoms with Crippen LogP contribution in [0.25, 0.3) is 11.1 Å². The largest absolute Gasteiger partial charge is 0.304 e. The molecule has 0 aromatic heterocycles. The molecule has 0 amide bonds. The fourth-order valence-corrected chi connectivity index (χ4v) is 2.94. The van der Waals surface area contributed by atoms with Crippen molar-refractivity contribution < 1.29 is 0 Å². The summed E-state index contributed by atoms with van der Waals surface area (Å²) in [5, 5.41) is 0.787. The van der Waals surface area contributed by atoms with Crippen molar-refractivity contribution in [3.63, 3.8) is 0 Å². The zero-order valence-corrected chi connectivity index (χ0v) is 14.4. The molecule has 0 radical (unpaired) electrons. The van der Waals surface area contributed by atoms with Gasteiger partial charge < -0.3 is 4.90 Å². The summed E-state index contributed by atoms with van der Waals surface area (Å²) in [6.07, 6.45) is 0. The lowest BCUT2D eigenvalue weighted by molar-refractivity contribution is 0.148. The van der Waals surface area contributed by atoms with E-state index in [-0.39, 0.29) is 12.4 Å². The van der Waals surface area contributed by atoms with Gasteiger partial charge in [0.25, 0.3) is 0 Å². The van der Waals surface area contributed by atoms with Crippen molar-refractivity contribution in [2.45, 2.75) is 6.54 Å². The summed E-state index contributed by atoms with van der Waals surface area (Å²) in [5.74, 6) is 0. The number of hydrogen-bond acceptors (Lipinski definition) is 2. The van der Waals surface area contributed by atoms with Crippen LogP contribution in [0.4, 0.5) is 0 Å². The third-order valence-electron chi connectivity index (χ3n) is 4.16. The van der Waals surface area contributed by atoms with Gasteiger partial charge in [0.1, 0.15) is 0 Å². The third kappa shape index (κ3) is 4.23. The Hall–Kier alpha value is -1.06. The molecule has 3 rings (SSSR count). The lowest BCUT2D eigenvalue weighted by Crippen LogP contribution is -2.43. The highest BCUT2D eigenvalue weighted by Crippen LogP contribution is 2.26. The highest BCUT2D eigenvalue weighted by molar-refractivity contribution is 6.30. The second-order valence-corrected chi connectivity index (χ2v) is 6.18. The molecule has 4 heteroatoms. The Labute approximate surface area is 144 Å². The van der Waals surface area contributed by atoms with Crippen LogP contribution < -0.4 is 0 Å². The molecule has 0 saturated carbocycles. The molecule has 2 aromatic rings. The van der Waals surface area contributed by atoms with Gasteiger partial charge in [0.05, 0.1) is 0 Å². The van der Waals surface area contributed by atoms with E-state index in [0.717, 1.165) is 37.7 Å². The lowest BCUT2D eigenvalue weighted by Gasteiger charge is -2.32. The molecule has 0 aliphatic carbocycles. The van der Waals surface area contributed by atoms with Gasteiger partial charge in [0, 0.05) is 37.7 Å². The van der Waals surface area contributed by atoms with Gasteiger partial charge in [0.15, 0.2) is 0 Å². The normalized spacial score (nSPS) is 16.3. The van der Waals surface area contributed by atoms with Crippen molar-refractivity contribution in [2.24, 2.45) is 0 Å². The molecule has 0 spiro atoms. The van der Waals surface area contributed by atoms with Gasteiger partial charge in [-0.1, -0.05) is 48.0 Å². The average Bonchev–Trinajstić information content (AvgIpc) is 2.51. The number of nitrogens with zero attached hydrogens (tertiary/aromatic N) is 2. The van der Waals surface area contributed by atoms with Crippen molar-refractivity contribution >= 4 is 24.0 Å². The molecule has 1 heterocycles. The highest BCUT2D eigenvalue weighted by atomic mass is 35.5. The second-order valence-electron chi connectivity index (χ2n) is 5.74. The van der Waals surface area contributed by atoms with Gasteiger partial charge in [0.2, 0.25) is 0 Å². The fourth-order valence-electron chi connectivity index (χ4n) is 2.82. The van der Waals surface area contributed by atoms with Gasteiger partial charge >= 0.3 is 0 Å². The van der Waals surface area contributed by atoms with Crippen molar-refractivity contribution in [1.82, 2.24) is 9.80 Å². The van der Waals surface area contributed by atoms with Crippen LogP contribution in [0.1, 0.15) is 5.56 Å². The SMILES string of the molecule is CN1CCN(Cc2ccccc2-c2ccc(Cl)cc2)CC1.Cl. The molecule has 2 nitrogen and oxygen atoms in total. The molecule has 1 aliphatic rings. The summed E-state index contributed by atoms with van der Waals surface area (Å²) in [6.45, 7) is 5.62. The Morgan fingerprint density at radius 1 is 0.909 bits per heavy atom. The lowest BCUT2D eigenvalue weighted by atomic mass is 9.99. The Balaban J connectivity index is 0.00000176. The van der Waals surface area contributed by atoms with Crippen LogP contribution in [-0.4, -0.2) is 43.0 Å². The zero-order chi connectivity index (χ0) is 14.7. The molecule has 22 heavy (non-hydrogen) atoms. The van der Waals surface area contributed by atoms with Crippen molar-refractivity contribution in [1.29, 1.82) is 0 Å². The molecular formula is C18H22Cl2N2. The molecule has 0 atom stereocenters. The third-order valence-corrected chi connectivity index (χ3v) is 4.41. The minimum absolute atomic E-state index is 0. The molecular weight excluding hydrogens is 315 g/mol. The number of likely N-dealkylation sites (N-methyl/N-ethyl adjacent to an activating group) is 1. The van der Waals surface area contributed by atoms with Gasteiger partial charge in [-0.2, -0.15) is 0 Å². The van der Waals surface area contributed by atoms with Crippen molar-refractivity contribution in [3.05, 3.63) is 59.1 Å². The predicted molar refractivity (Wildman–Crippen MR) is 96.9 cm³/mol. The highest BCUT2D eigenvalue weighted by Gasteiger charge is 2.15. The summed E-state index contributed by atoms with van der Waals surface area (Å²) in [4.78, 5) is 4.93. The smallest absolute Gasteiger partial charge is 0.0406 e. The van der Waals surface area contributed by atoms with Crippen LogP contribution in [-0.2, 0) is 6.54 Å². The Kier molecular flexibility index (Phi) is 6.27. The van der Waals surface area contributed by atoms with Gasteiger partial charge in [-0.05, 0) is 35.9 Å². The topological polar surface area (TPSA) is 6.48 Å². The predicted octanol–water partition coefficient (Wildman–Crippen LogP) is 4.18. The summed E-state index contributed by atoms with van der Waals surface area (Å²) in [7, 11) is 2.19. The first kappa shape index (κ1) is 17.3. The first-order valence-corrected chi connectivity index (χ1v) is 7.85. The van der Waals surface area contributed by atoms with Crippen LogP contribution in [0.5, 0.6) is 0 Å². The molecule has 1 fully saturated rings. The van der Waals surface area contributed by atoms with Gasteiger partial charge in [-0.15, -0.1) is 12.4 Å². The summed E-state index contributed by atoms with van der Waals surface area (Å²) >= 11 is 6.00. The number of benzene rings is 2. The van der Waals surface area contributed by atoms with E-state index in [1.165, 1.54) is 16.7 Å². The van der Waals surface area contributed by atoms with E-state index in [1.807, 2.05) is 12.1 Å². The number of piperazine rings is 1. The summed E-state index contributed by atoms with van der Waals surface area (Å²) in [6, 6.07) is 16.8. The minimum atomic E-state index is 0. The van der Waals surface area contributed by atoms with E-state index in [9.17, 15) is 0 Å². The van der Waals surface area contributed by atoms with Gasteiger partial charge in [-0.3, -0.25) is 4.90 Å². The van der Waals surface area contributed by atoms with Crippen LogP contribution >= 0.6 is 24.0 Å². The van der Waals surface area contributed by atoms with Crippen LogP contribution in [0.3, 0.4) is 0 Å². The molecule has 0 unspecified atom stereocenters. The molecule has 1 saturated heterocycles. The molecule has 0 N–H and O–H groups in total. The Morgan fingerprint density at radius 3 is 2.23 bits per heavy atom. The monoisotopic (exact) mass is 336 g/mol. The molecule has 1 aliphatic heterocycles. The quantitative estimate of drug-likeness (QED) is 0.829. The van der Waals surface area contributed by atoms with E-state index in [4.69, 9.17) is 11.6 Å². The van der Waals surface area contributed by atoms with Crippen LogP contribution in [0.2, 0.25) is 5.02 Å². The van der Waals surface area contributed by atoms with Crippen molar-refractivity contribution in [2.75, 3.05) is 33.2 Å². The standard InChI is InChI=1S/C18H21ClN2.ClH/c1-20-10-12-21(13-11-20)14-16-4-2-3-5-18(16)15-6-8-17(19)9-7-15;/h2-9H,10-14H2,1H3;1H. The Morgan fingerprint density at radius 2 is 1.55 bits per heavy atom. The maximum absolute atomic E-state index is 6.00. The summed E-state index contributed by atoms with van der Waals surface area (Å²) in [5.41, 5.74) is 3.95. The van der Waals surface area contributed by atoms with E-state index in [1.54, 1.807) is 0 Å². The van der Waals surface area contributed by atoms with E-state index in [0.29, 0.717) is 0 Å². The number of hydrogen-bond donors (Lipinski definition) is 0. The average molecular weight is 337 g/mol. The van der Waals surface area contributed by atoms with E-state index in [2.05, 4.69) is 53.2 Å². The molecule has 118 valence electrons. The zero-order valence-electron chi connectivity index (χ0n) is 12.8. The maximum Gasteiger partial charge on any atom is 0.0406 e. The second kappa shape index (κ2) is 7.98. The van der Waals surface area contributed by atoms with E-state index >= 15 is 0 Å².